The highest BCUT2D eigenvalue weighted by molar-refractivity contribution is 5.74. The Morgan fingerprint density at radius 3 is 2.32 bits per heavy atom. The van der Waals surface area contributed by atoms with E-state index in [1.807, 2.05) is 0 Å². The Bertz CT molecular complexity index is 499. The maximum Gasteiger partial charge on any atom is 0.573 e. The van der Waals surface area contributed by atoms with Crippen LogP contribution in [0.1, 0.15) is 32.3 Å². The number of carboxylic acid groups (broad SMARTS) is 1. The van der Waals surface area contributed by atoms with Crippen LogP contribution in [0.3, 0.4) is 0 Å². The standard InChI is InChI=1S/C15H20F3NO3/c1-3-14(4-2,13(20)21)10-19-9-11-7-5-6-8-12(11)22-15(16,17)18/h5-8,19H,3-4,9-10H2,1-2H3,(H,20,21). The van der Waals surface area contributed by atoms with E-state index in [0.29, 0.717) is 18.4 Å². The minimum absolute atomic E-state index is 0.0985. The van der Waals surface area contributed by atoms with Crippen LogP contribution in [0.5, 0.6) is 5.75 Å². The predicted molar refractivity (Wildman–Crippen MR) is 75.5 cm³/mol. The third-order valence-electron chi connectivity index (χ3n) is 3.78. The van der Waals surface area contributed by atoms with E-state index in [0.717, 1.165) is 0 Å². The van der Waals surface area contributed by atoms with Crippen molar-refractivity contribution in [3.05, 3.63) is 29.8 Å². The number of nitrogens with one attached hydrogen (secondary N) is 1. The van der Waals surface area contributed by atoms with Gasteiger partial charge in [0.2, 0.25) is 0 Å². The monoisotopic (exact) mass is 319 g/mol. The Morgan fingerprint density at radius 1 is 1.23 bits per heavy atom. The van der Waals surface area contributed by atoms with Gasteiger partial charge in [0.1, 0.15) is 5.75 Å². The van der Waals surface area contributed by atoms with Crippen molar-refractivity contribution in [2.75, 3.05) is 6.54 Å². The summed E-state index contributed by atoms with van der Waals surface area (Å²) in [5, 5.41) is 12.2. The number of aliphatic carboxylic acids is 1. The number of carbonyl (C=O) groups is 1. The normalized spacial score (nSPS) is 12.2. The van der Waals surface area contributed by atoms with E-state index < -0.39 is 17.7 Å². The Hall–Kier alpha value is -1.76. The molecule has 1 aromatic carbocycles. The van der Waals surface area contributed by atoms with Crippen molar-refractivity contribution in [2.24, 2.45) is 5.41 Å². The van der Waals surface area contributed by atoms with E-state index in [2.05, 4.69) is 10.1 Å². The molecular weight excluding hydrogens is 299 g/mol. The van der Waals surface area contributed by atoms with Crippen LogP contribution in [0, 0.1) is 5.41 Å². The predicted octanol–water partition coefficient (Wildman–Crippen LogP) is 3.57. The van der Waals surface area contributed by atoms with Crippen LogP contribution in [0.15, 0.2) is 24.3 Å². The van der Waals surface area contributed by atoms with E-state index in [-0.39, 0.29) is 18.8 Å². The fourth-order valence-electron chi connectivity index (χ4n) is 2.19. The van der Waals surface area contributed by atoms with Gasteiger partial charge in [-0.25, -0.2) is 0 Å². The van der Waals surface area contributed by atoms with Crippen LogP contribution in [-0.2, 0) is 11.3 Å². The van der Waals surface area contributed by atoms with Crippen molar-refractivity contribution in [3.63, 3.8) is 0 Å². The van der Waals surface area contributed by atoms with Gasteiger partial charge in [-0.1, -0.05) is 32.0 Å². The Kier molecular flexibility index (Phi) is 6.22. The molecular formula is C15H20F3NO3. The average Bonchev–Trinajstić information content (AvgIpc) is 2.43. The summed E-state index contributed by atoms with van der Waals surface area (Å²) >= 11 is 0. The Labute approximate surface area is 127 Å². The van der Waals surface area contributed by atoms with Crippen molar-refractivity contribution in [1.82, 2.24) is 5.32 Å². The molecule has 0 atom stereocenters. The molecule has 0 bridgehead atoms. The molecule has 0 aliphatic rings. The van der Waals surface area contributed by atoms with Gasteiger partial charge >= 0.3 is 12.3 Å². The molecule has 2 N–H and O–H groups in total. The third-order valence-corrected chi connectivity index (χ3v) is 3.78. The van der Waals surface area contributed by atoms with Crippen molar-refractivity contribution >= 4 is 5.97 Å². The van der Waals surface area contributed by atoms with Gasteiger partial charge in [-0.05, 0) is 18.9 Å². The second-order valence-electron chi connectivity index (χ2n) is 5.05. The van der Waals surface area contributed by atoms with Crippen molar-refractivity contribution in [3.8, 4) is 5.75 Å². The first-order chi connectivity index (χ1) is 10.2. The smallest absolute Gasteiger partial charge is 0.481 e. The molecule has 0 aliphatic carbocycles. The topological polar surface area (TPSA) is 58.6 Å². The molecule has 1 rings (SSSR count). The first-order valence-electron chi connectivity index (χ1n) is 7.02. The van der Waals surface area contributed by atoms with Crippen molar-refractivity contribution in [1.29, 1.82) is 0 Å². The largest absolute Gasteiger partial charge is 0.573 e. The van der Waals surface area contributed by atoms with Crippen LogP contribution in [0.4, 0.5) is 13.2 Å². The van der Waals surface area contributed by atoms with Crippen LogP contribution < -0.4 is 10.1 Å². The number of halogens is 3. The number of rotatable bonds is 8. The zero-order chi connectivity index (χ0) is 16.8. The molecule has 0 unspecified atom stereocenters. The van der Waals surface area contributed by atoms with Gasteiger partial charge in [0.15, 0.2) is 0 Å². The van der Waals surface area contributed by atoms with Crippen molar-refractivity contribution in [2.45, 2.75) is 39.6 Å². The summed E-state index contributed by atoms with van der Waals surface area (Å²) < 4.78 is 40.9. The molecule has 0 saturated heterocycles. The number of carboxylic acids is 1. The van der Waals surface area contributed by atoms with Crippen LogP contribution in [-0.4, -0.2) is 24.0 Å². The minimum atomic E-state index is -4.76. The van der Waals surface area contributed by atoms with Gasteiger partial charge in [-0.15, -0.1) is 13.2 Å². The molecule has 0 fully saturated rings. The van der Waals surface area contributed by atoms with Gasteiger partial charge in [0, 0.05) is 18.7 Å². The fraction of sp³-hybridized carbons (Fsp3) is 0.533. The Balaban J connectivity index is 2.75. The fourth-order valence-corrected chi connectivity index (χ4v) is 2.19. The summed E-state index contributed by atoms with van der Waals surface area (Å²) in [6, 6.07) is 5.79. The van der Waals surface area contributed by atoms with Crippen LogP contribution in [0.2, 0.25) is 0 Å². The third kappa shape index (κ3) is 4.91. The number of hydrogen-bond donors (Lipinski definition) is 2. The highest BCUT2D eigenvalue weighted by Crippen LogP contribution is 2.28. The molecule has 4 nitrogen and oxygen atoms in total. The number of benzene rings is 1. The first kappa shape index (κ1) is 18.3. The molecule has 0 saturated carbocycles. The van der Waals surface area contributed by atoms with Gasteiger partial charge < -0.3 is 15.2 Å². The molecule has 0 amide bonds. The van der Waals surface area contributed by atoms with Gasteiger partial charge in [0.05, 0.1) is 5.41 Å². The van der Waals surface area contributed by atoms with E-state index in [1.165, 1.54) is 18.2 Å². The zero-order valence-corrected chi connectivity index (χ0v) is 12.5. The minimum Gasteiger partial charge on any atom is -0.481 e. The lowest BCUT2D eigenvalue weighted by Gasteiger charge is -2.27. The summed E-state index contributed by atoms with van der Waals surface area (Å²) in [5.74, 6) is -1.19. The average molecular weight is 319 g/mol. The summed E-state index contributed by atoms with van der Waals surface area (Å²) in [6.45, 7) is 3.83. The summed E-state index contributed by atoms with van der Waals surface area (Å²) in [5.41, 5.74) is -0.592. The number of para-hydroxylation sites is 1. The van der Waals surface area contributed by atoms with Gasteiger partial charge in [-0.2, -0.15) is 0 Å². The maximum atomic E-state index is 12.3. The highest BCUT2D eigenvalue weighted by Gasteiger charge is 2.35. The highest BCUT2D eigenvalue weighted by atomic mass is 19.4. The number of hydrogen-bond acceptors (Lipinski definition) is 3. The lowest BCUT2D eigenvalue weighted by atomic mass is 9.82. The molecule has 0 spiro atoms. The van der Waals surface area contributed by atoms with Crippen molar-refractivity contribution < 1.29 is 27.8 Å². The molecule has 1 aromatic rings. The molecule has 0 radical (unpaired) electrons. The lowest BCUT2D eigenvalue weighted by molar-refractivity contribution is -0.274. The quantitative estimate of drug-likeness (QED) is 0.769. The number of ether oxygens (including phenoxy) is 1. The Morgan fingerprint density at radius 2 is 1.82 bits per heavy atom. The molecule has 7 heteroatoms. The van der Waals surface area contributed by atoms with E-state index >= 15 is 0 Å². The summed E-state index contributed by atoms with van der Waals surface area (Å²) in [4.78, 5) is 11.4. The second-order valence-corrected chi connectivity index (χ2v) is 5.05. The molecule has 124 valence electrons. The molecule has 0 aliphatic heterocycles. The van der Waals surface area contributed by atoms with E-state index in [4.69, 9.17) is 0 Å². The lowest BCUT2D eigenvalue weighted by Crippen LogP contribution is -2.40. The zero-order valence-electron chi connectivity index (χ0n) is 12.5. The first-order valence-corrected chi connectivity index (χ1v) is 7.02. The molecule has 0 heterocycles. The van der Waals surface area contributed by atoms with E-state index in [1.54, 1.807) is 19.9 Å². The van der Waals surface area contributed by atoms with Crippen LogP contribution >= 0.6 is 0 Å². The summed E-state index contributed by atoms with van der Waals surface area (Å²) in [6.07, 6.45) is -3.88. The molecule has 0 aromatic heterocycles. The maximum absolute atomic E-state index is 12.3. The van der Waals surface area contributed by atoms with Crippen LogP contribution in [0.25, 0.3) is 0 Å². The SMILES string of the molecule is CCC(CC)(CNCc1ccccc1OC(F)(F)F)C(=O)O. The summed E-state index contributed by atoms with van der Waals surface area (Å²) in [7, 11) is 0. The molecule has 22 heavy (non-hydrogen) atoms. The second kappa shape index (κ2) is 7.49. The van der Waals surface area contributed by atoms with E-state index in [9.17, 15) is 23.1 Å². The van der Waals surface area contributed by atoms with Gasteiger partial charge in [-0.3, -0.25) is 4.79 Å². The number of alkyl halides is 3. The van der Waals surface area contributed by atoms with Gasteiger partial charge in [0.25, 0.3) is 0 Å².